The fourth-order valence-electron chi connectivity index (χ4n) is 2.01. The summed E-state index contributed by atoms with van der Waals surface area (Å²) >= 11 is 0. The first-order valence-electron chi connectivity index (χ1n) is 9.22. The first kappa shape index (κ1) is 9.38. The third-order valence-corrected chi connectivity index (χ3v) is 4.00. The lowest BCUT2D eigenvalue weighted by atomic mass is 9.84. The molecule has 3 rings (SSSR count). The van der Waals surface area contributed by atoms with E-state index in [0.717, 1.165) is 4.57 Å². The minimum absolute atomic E-state index is 0.327. The summed E-state index contributed by atoms with van der Waals surface area (Å²) in [6.45, 7) is 5.24. The molecule has 0 amide bonds. The normalized spacial score (nSPS) is 24.0. The number of hydrogen-bond acceptors (Lipinski definition) is 4. The molecular weight excluding hydrogens is 265 g/mol. The molecule has 1 aliphatic heterocycles. The maximum atomic E-state index is 8.03. The van der Waals surface area contributed by atoms with Gasteiger partial charge in [0.15, 0.2) is 0 Å². The Balaban J connectivity index is 1.92. The van der Waals surface area contributed by atoms with E-state index in [1.807, 2.05) is 27.7 Å². The molecule has 0 bridgehead atoms. The maximum absolute atomic E-state index is 8.03. The molecule has 1 fully saturated rings. The average molecular weight is 290 g/mol. The van der Waals surface area contributed by atoms with Crippen LogP contribution in [0.15, 0.2) is 30.8 Å². The molecule has 6 heteroatoms. The number of hydrogen-bond donors (Lipinski definition) is 0. The summed E-state index contributed by atoms with van der Waals surface area (Å²) in [4.78, 5) is 8.01. The summed E-state index contributed by atoms with van der Waals surface area (Å²) < 4.78 is 51.2. The molecule has 0 aliphatic carbocycles. The Bertz CT molecular complexity index is 817. The molecule has 110 valence electrons. The number of aromatic nitrogens is 3. The monoisotopic (exact) mass is 290 g/mol. The van der Waals surface area contributed by atoms with E-state index in [1.54, 1.807) is 12.1 Å². The van der Waals surface area contributed by atoms with Gasteiger partial charge in [0.2, 0.25) is 0 Å². The van der Waals surface area contributed by atoms with E-state index in [2.05, 4.69) is 9.97 Å². The van der Waals surface area contributed by atoms with Gasteiger partial charge in [-0.1, -0.05) is 0 Å². The average Bonchev–Trinajstić information content (AvgIpc) is 2.92. The SMILES string of the molecule is [2H]c1nc(C([2H])([2H])[2H])c([2H])n1-c1ccc(B2OC(C)(C)C(C)(C)O2)nc1. The minimum Gasteiger partial charge on any atom is -0.398 e. The summed E-state index contributed by atoms with van der Waals surface area (Å²) in [5, 5.41) is 0. The van der Waals surface area contributed by atoms with Crippen molar-refractivity contribution in [2.24, 2.45) is 0 Å². The van der Waals surface area contributed by atoms with Crippen molar-refractivity contribution >= 4 is 12.7 Å². The smallest absolute Gasteiger partial charge is 0.398 e. The molecule has 0 saturated carbocycles. The third-order valence-electron chi connectivity index (χ3n) is 4.00. The second-order valence-corrected chi connectivity index (χ2v) is 6.04. The van der Waals surface area contributed by atoms with E-state index in [1.165, 1.54) is 6.20 Å². The van der Waals surface area contributed by atoms with Crippen LogP contribution < -0.4 is 5.59 Å². The Labute approximate surface area is 132 Å². The maximum Gasteiger partial charge on any atom is 0.514 e. The molecule has 2 aromatic heterocycles. The van der Waals surface area contributed by atoms with Crippen molar-refractivity contribution in [2.75, 3.05) is 0 Å². The second kappa shape index (κ2) is 4.68. The van der Waals surface area contributed by atoms with E-state index in [-0.39, 0.29) is 12.5 Å². The van der Waals surface area contributed by atoms with Gasteiger partial charge >= 0.3 is 7.12 Å². The number of nitrogens with zero attached hydrogens (tertiary/aromatic N) is 3. The summed E-state index contributed by atoms with van der Waals surface area (Å²) in [5.41, 5.74) is -0.443. The molecule has 0 N–H and O–H groups in total. The molecule has 0 aromatic carbocycles. The lowest BCUT2D eigenvalue weighted by Gasteiger charge is -2.32. The first-order chi connectivity index (χ1) is 11.8. The van der Waals surface area contributed by atoms with Gasteiger partial charge in [0.25, 0.3) is 0 Å². The van der Waals surface area contributed by atoms with Crippen LogP contribution in [0, 0.1) is 6.85 Å². The van der Waals surface area contributed by atoms with Crippen molar-refractivity contribution in [1.29, 1.82) is 0 Å². The molecule has 0 radical (unpaired) electrons. The summed E-state index contributed by atoms with van der Waals surface area (Å²) in [5.74, 6) is 0. The van der Waals surface area contributed by atoms with Crippen molar-refractivity contribution in [3.05, 3.63) is 36.5 Å². The number of imidazole rings is 1. The highest BCUT2D eigenvalue weighted by Crippen LogP contribution is 2.36. The van der Waals surface area contributed by atoms with Crippen LogP contribution in [0.4, 0.5) is 0 Å². The van der Waals surface area contributed by atoms with Crippen LogP contribution >= 0.6 is 0 Å². The van der Waals surface area contributed by atoms with Crippen LogP contribution in [-0.2, 0) is 9.31 Å². The number of rotatable bonds is 2. The molecule has 2 aromatic rings. The second-order valence-electron chi connectivity index (χ2n) is 6.04. The minimum atomic E-state index is -2.55. The van der Waals surface area contributed by atoms with Gasteiger partial charge in [-0.2, -0.15) is 0 Å². The highest BCUT2D eigenvalue weighted by Gasteiger charge is 2.52. The molecule has 1 saturated heterocycles. The number of aryl methyl sites for hydroxylation is 1. The molecule has 1 aliphatic rings. The molecule has 21 heavy (non-hydrogen) atoms. The third kappa shape index (κ3) is 2.49. The van der Waals surface area contributed by atoms with E-state index in [4.69, 9.17) is 16.2 Å². The Morgan fingerprint density at radius 3 is 2.43 bits per heavy atom. The largest absolute Gasteiger partial charge is 0.514 e. The number of pyridine rings is 1. The molecule has 5 nitrogen and oxygen atoms in total. The zero-order chi connectivity index (χ0) is 19.5. The van der Waals surface area contributed by atoms with Crippen molar-refractivity contribution in [3.8, 4) is 5.69 Å². The van der Waals surface area contributed by atoms with Crippen molar-refractivity contribution in [1.82, 2.24) is 14.5 Å². The Hall–Kier alpha value is -1.66. The quantitative estimate of drug-likeness (QED) is 0.792. The molecule has 0 unspecified atom stereocenters. The van der Waals surface area contributed by atoms with Crippen molar-refractivity contribution in [3.63, 3.8) is 0 Å². The van der Waals surface area contributed by atoms with E-state index in [0.29, 0.717) is 11.3 Å². The fourth-order valence-corrected chi connectivity index (χ4v) is 2.01. The van der Waals surface area contributed by atoms with Crippen LogP contribution in [0.25, 0.3) is 5.69 Å². The lowest BCUT2D eigenvalue weighted by molar-refractivity contribution is 0.00578. The van der Waals surface area contributed by atoms with E-state index < -0.39 is 30.9 Å². The molecule has 0 spiro atoms. The van der Waals surface area contributed by atoms with Crippen LogP contribution in [0.1, 0.15) is 40.2 Å². The van der Waals surface area contributed by atoms with Gasteiger partial charge in [-0.25, -0.2) is 4.98 Å². The molecular formula is C15H20BN3O2. The summed E-state index contributed by atoms with van der Waals surface area (Å²) in [6, 6.07) is 3.31. The fraction of sp³-hybridized carbons (Fsp3) is 0.467. The Morgan fingerprint density at radius 1 is 1.19 bits per heavy atom. The predicted octanol–water partition coefficient (Wildman–Crippen LogP) is 1.87. The molecule has 0 atom stereocenters. The van der Waals surface area contributed by atoms with Gasteiger partial charge in [0.1, 0.15) is 1.37 Å². The van der Waals surface area contributed by atoms with E-state index in [9.17, 15) is 0 Å². The van der Waals surface area contributed by atoms with Gasteiger partial charge < -0.3 is 13.9 Å². The standard InChI is InChI=1S/C15H20BN3O2/c1-11-9-19(10-18-11)12-6-7-13(17-8-12)16-20-14(2,3)15(4,5)21-16/h6-10H,1-5H3/i1D3,9D,10D. The summed E-state index contributed by atoms with van der Waals surface area (Å²) in [6.07, 6.45) is 0.771. The Kier molecular flexibility index (Phi) is 2.09. The zero-order valence-electron chi connectivity index (χ0n) is 17.5. The van der Waals surface area contributed by atoms with Crippen LogP contribution in [0.3, 0.4) is 0 Å². The highest BCUT2D eigenvalue weighted by atomic mass is 16.7. The van der Waals surface area contributed by atoms with Gasteiger partial charge in [-0.3, -0.25) is 4.98 Å². The van der Waals surface area contributed by atoms with Crippen LogP contribution in [-0.4, -0.2) is 32.9 Å². The van der Waals surface area contributed by atoms with Gasteiger partial charge in [-0.05, 0) is 46.7 Å². The van der Waals surface area contributed by atoms with Crippen LogP contribution in [0.2, 0.25) is 0 Å². The van der Waals surface area contributed by atoms with Gasteiger partial charge in [0.05, 0.1) is 42.0 Å². The van der Waals surface area contributed by atoms with Crippen molar-refractivity contribution < 1.29 is 16.2 Å². The summed E-state index contributed by atoms with van der Waals surface area (Å²) in [7, 11) is -0.624. The molecule has 3 heterocycles. The first-order valence-corrected chi connectivity index (χ1v) is 6.72. The van der Waals surface area contributed by atoms with Gasteiger partial charge in [0, 0.05) is 10.3 Å². The van der Waals surface area contributed by atoms with E-state index >= 15 is 0 Å². The van der Waals surface area contributed by atoms with Gasteiger partial charge in [-0.15, -0.1) is 0 Å². The Morgan fingerprint density at radius 2 is 1.90 bits per heavy atom. The highest BCUT2D eigenvalue weighted by molar-refractivity contribution is 6.61. The topological polar surface area (TPSA) is 49.2 Å². The lowest BCUT2D eigenvalue weighted by Crippen LogP contribution is -2.41. The van der Waals surface area contributed by atoms with Crippen molar-refractivity contribution in [2.45, 2.75) is 45.7 Å². The predicted molar refractivity (Wildman–Crippen MR) is 81.8 cm³/mol. The van der Waals surface area contributed by atoms with Crippen LogP contribution in [0.5, 0.6) is 0 Å². The zero-order valence-corrected chi connectivity index (χ0v) is 12.5.